The van der Waals surface area contributed by atoms with E-state index in [9.17, 15) is 0 Å². The van der Waals surface area contributed by atoms with E-state index in [1.165, 1.54) is 4.90 Å². The summed E-state index contributed by atoms with van der Waals surface area (Å²) < 4.78 is 0. The summed E-state index contributed by atoms with van der Waals surface area (Å²) in [5.41, 5.74) is 1.08. The Bertz CT molecular complexity index is 562. The second-order valence-corrected chi connectivity index (χ2v) is 5.51. The van der Waals surface area contributed by atoms with E-state index in [0.29, 0.717) is 0 Å². The summed E-state index contributed by atoms with van der Waals surface area (Å²) in [4.78, 5) is 10.3. The predicted molar refractivity (Wildman–Crippen MR) is 91.7 cm³/mol. The molecule has 2 rings (SSSR count). The number of rotatable bonds is 7. The maximum atomic E-state index is 4.60. The predicted octanol–water partition coefficient (Wildman–Crippen LogP) is 4.33. The van der Waals surface area contributed by atoms with Crippen LogP contribution in [-0.4, -0.2) is 22.8 Å². The quantitative estimate of drug-likeness (QED) is 0.746. The van der Waals surface area contributed by atoms with Gasteiger partial charge >= 0.3 is 0 Å². The van der Waals surface area contributed by atoms with Gasteiger partial charge in [-0.25, -0.2) is 9.97 Å². The number of anilines is 3. The first-order chi connectivity index (χ1) is 10.3. The number of hydrogen-bond donors (Lipinski definition) is 2. The molecule has 0 spiro atoms. The van der Waals surface area contributed by atoms with Gasteiger partial charge in [0.2, 0.25) is 0 Å². The van der Waals surface area contributed by atoms with Crippen molar-refractivity contribution in [1.82, 2.24) is 9.97 Å². The third-order valence-corrected chi connectivity index (χ3v) is 3.77. The summed E-state index contributed by atoms with van der Waals surface area (Å²) in [6.45, 7) is 5.06. The van der Waals surface area contributed by atoms with Gasteiger partial charge in [-0.15, -0.1) is 11.8 Å². The van der Waals surface area contributed by atoms with Crippen LogP contribution in [0, 0.1) is 0 Å². The molecule has 1 aromatic heterocycles. The minimum absolute atomic E-state index is 0.839. The highest BCUT2D eigenvalue weighted by Crippen LogP contribution is 2.27. The molecular weight excluding hydrogens is 280 g/mol. The van der Waals surface area contributed by atoms with E-state index >= 15 is 0 Å². The van der Waals surface area contributed by atoms with Crippen molar-refractivity contribution in [2.24, 2.45) is 0 Å². The Morgan fingerprint density at radius 2 is 1.86 bits per heavy atom. The Labute approximate surface area is 130 Å². The van der Waals surface area contributed by atoms with E-state index in [4.69, 9.17) is 0 Å². The highest BCUT2D eigenvalue weighted by Gasteiger charge is 2.06. The second-order valence-electron chi connectivity index (χ2n) is 4.66. The molecule has 2 aromatic rings. The molecule has 0 saturated carbocycles. The molecule has 21 heavy (non-hydrogen) atoms. The lowest BCUT2D eigenvalue weighted by Crippen LogP contribution is -2.06. The smallest absolute Gasteiger partial charge is 0.136 e. The van der Waals surface area contributed by atoms with Crippen LogP contribution in [0.2, 0.25) is 0 Å². The minimum atomic E-state index is 0.839. The van der Waals surface area contributed by atoms with Crippen molar-refractivity contribution in [1.29, 1.82) is 0 Å². The SMILES string of the molecule is CCCc1nc(NCC)cc(Nc2ccccc2SC)n1. The van der Waals surface area contributed by atoms with E-state index in [0.717, 1.165) is 42.5 Å². The molecule has 0 amide bonds. The highest BCUT2D eigenvalue weighted by molar-refractivity contribution is 7.98. The number of hydrogen-bond acceptors (Lipinski definition) is 5. The van der Waals surface area contributed by atoms with Crippen molar-refractivity contribution < 1.29 is 0 Å². The molecule has 0 radical (unpaired) electrons. The van der Waals surface area contributed by atoms with Crippen LogP contribution in [0.15, 0.2) is 35.2 Å². The Balaban J connectivity index is 2.29. The first-order valence-corrected chi connectivity index (χ1v) is 8.51. The first-order valence-electron chi connectivity index (χ1n) is 7.28. The second kappa shape index (κ2) is 7.88. The molecule has 1 aromatic carbocycles. The summed E-state index contributed by atoms with van der Waals surface area (Å²) in [5.74, 6) is 2.59. The average Bonchev–Trinajstić information content (AvgIpc) is 2.48. The van der Waals surface area contributed by atoms with E-state index < -0.39 is 0 Å². The Morgan fingerprint density at radius 1 is 1.10 bits per heavy atom. The maximum absolute atomic E-state index is 4.60. The first kappa shape index (κ1) is 15.6. The third kappa shape index (κ3) is 4.36. The Kier molecular flexibility index (Phi) is 5.87. The summed E-state index contributed by atoms with van der Waals surface area (Å²) in [5, 5.41) is 6.67. The van der Waals surface area contributed by atoms with E-state index in [1.54, 1.807) is 11.8 Å². The van der Waals surface area contributed by atoms with Gasteiger partial charge in [-0.05, 0) is 31.7 Å². The minimum Gasteiger partial charge on any atom is -0.370 e. The fourth-order valence-electron chi connectivity index (χ4n) is 2.05. The van der Waals surface area contributed by atoms with Gasteiger partial charge in [0.25, 0.3) is 0 Å². The van der Waals surface area contributed by atoms with Crippen molar-refractivity contribution in [3.05, 3.63) is 36.2 Å². The van der Waals surface area contributed by atoms with Crippen molar-refractivity contribution >= 4 is 29.1 Å². The van der Waals surface area contributed by atoms with Crippen molar-refractivity contribution in [2.45, 2.75) is 31.6 Å². The van der Waals surface area contributed by atoms with Gasteiger partial charge in [-0.3, -0.25) is 0 Å². The van der Waals surface area contributed by atoms with Crippen LogP contribution in [0.4, 0.5) is 17.3 Å². The number of aryl methyl sites for hydroxylation is 1. The van der Waals surface area contributed by atoms with Gasteiger partial charge in [-0.1, -0.05) is 19.1 Å². The largest absolute Gasteiger partial charge is 0.370 e. The molecule has 0 saturated heterocycles. The van der Waals surface area contributed by atoms with E-state index in [1.807, 2.05) is 18.2 Å². The lowest BCUT2D eigenvalue weighted by Gasteiger charge is -2.12. The Morgan fingerprint density at radius 3 is 2.57 bits per heavy atom. The molecule has 1 heterocycles. The monoisotopic (exact) mass is 302 g/mol. The lowest BCUT2D eigenvalue weighted by atomic mass is 10.3. The zero-order valence-corrected chi connectivity index (χ0v) is 13.6. The summed E-state index contributed by atoms with van der Waals surface area (Å²) in [6.07, 6.45) is 4.00. The molecule has 4 nitrogen and oxygen atoms in total. The highest BCUT2D eigenvalue weighted by atomic mass is 32.2. The van der Waals surface area contributed by atoms with Gasteiger partial charge in [0, 0.05) is 23.9 Å². The van der Waals surface area contributed by atoms with Crippen molar-refractivity contribution in [2.75, 3.05) is 23.4 Å². The average molecular weight is 302 g/mol. The number of thioether (sulfide) groups is 1. The number of para-hydroxylation sites is 1. The van der Waals surface area contributed by atoms with Gasteiger partial charge < -0.3 is 10.6 Å². The van der Waals surface area contributed by atoms with E-state index in [2.05, 4.69) is 52.8 Å². The molecule has 2 N–H and O–H groups in total. The standard InChI is InChI=1S/C16H22N4S/c1-4-8-14-19-15(17-5-2)11-16(20-14)18-12-9-6-7-10-13(12)21-3/h6-7,9-11H,4-5,8H2,1-3H3,(H2,17,18,19,20). The van der Waals surface area contributed by atoms with Crippen LogP contribution in [-0.2, 0) is 6.42 Å². The zero-order chi connectivity index (χ0) is 15.1. The molecule has 112 valence electrons. The van der Waals surface area contributed by atoms with Gasteiger partial charge in [0.05, 0.1) is 5.69 Å². The van der Waals surface area contributed by atoms with Crippen LogP contribution >= 0.6 is 11.8 Å². The van der Waals surface area contributed by atoms with Gasteiger partial charge in [-0.2, -0.15) is 0 Å². The molecule has 0 aliphatic heterocycles. The normalized spacial score (nSPS) is 10.4. The van der Waals surface area contributed by atoms with Crippen molar-refractivity contribution in [3.63, 3.8) is 0 Å². The third-order valence-electron chi connectivity index (χ3n) is 2.97. The van der Waals surface area contributed by atoms with Crippen LogP contribution in [0.3, 0.4) is 0 Å². The van der Waals surface area contributed by atoms with Gasteiger partial charge in [0.1, 0.15) is 17.5 Å². The molecular formula is C16H22N4S. The van der Waals surface area contributed by atoms with Crippen LogP contribution in [0.5, 0.6) is 0 Å². The van der Waals surface area contributed by atoms with Crippen LogP contribution < -0.4 is 10.6 Å². The Hall–Kier alpha value is -1.75. The topological polar surface area (TPSA) is 49.8 Å². The number of nitrogens with one attached hydrogen (secondary N) is 2. The molecule has 0 atom stereocenters. The summed E-state index contributed by atoms with van der Waals surface area (Å²) in [7, 11) is 0. The van der Waals surface area contributed by atoms with Crippen molar-refractivity contribution in [3.8, 4) is 0 Å². The molecule has 0 fully saturated rings. The van der Waals surface area contributed by atoms with E-state index in [-0.39, 0.29) is 0 Å². The molecule has 0 bridgehead atoms. The van der Waals surface area contributed by atoms with Crippen LogP contribution in [0.25, 0.3) is 0 Å². The fraction of sp³-hybridized carbons (Fsp3) is 0.375. The fourth-order valence-corrected chi connectivity index (χ4v) is 2.61. The number of benzene rings is 1. The maximum Gasteiger partial charge on any atom is 0.136 e. The lowest BCUT2D eigenvalue weighted by molar-refractivity contribution is 0.836. The molecule has 5 heteroatoms. The summed E-state index contributed by atoms with van der Waals surface area (Å²) >= 11 is 1.72. The molecule has 0 aliphatic carbocycles. The molecule has 0 unspecified atom stereocenters. The van der Waals surface area contributed by atoms with Crippen LogP contribution in [0.1, 0.15) is 26.1 Å². The number of nitrogens with zero attached hydrogens (tertiary/aromatic N) is 2. The van der Waals surface area contributed by atoms with Gasteiger partial charge in [0.15, 0.2) is 0 Å². The number of aromatic nitrogens is 2. The molecule has 0 aliphatic rings. The zero-order valence-electron chi connectivity index (χ0n) is 12.8. The summed E-state index contributed by atoms with van der Waals surface area (Å²) in [6, 6.07) is 10.2.